The summed E-state index contributed by atoms with van der Waals surface area (Å²) in [6.45, 7) is 3.57. The number of carbonyl (C=O) groups is 1. The molecule has 1 N–H and O–H groups in total. The van der Waals surface area contributed by atoms with Crippen LogP contribution in [0.2, 0.25) is 0 Å². The monoisotopic (exact) mass is 363 g/mol. The second-order valence-electron chi connectivity index (χ2n) is 3.88. The maximum absolute atomic E-state index is 10.7. The smallest absolute Gasteiger partial charge is 0.317 e. The molecule has 0 bridgehead atoms. The first-order valence-electron chi connectivity index (χ1n) is 5.40. The van der Waals surface area contributed by atoms with E-state index in [1.165, 1.54) is 0 Å². The number of hydrogen-bond donors (Lipinski definition) is 1. The van der Waals surface area contributed by atoms with Crippen LogP contribution in [0.15, 0.2) is 27.1 Å². The van der Waals surface area contributed by atoms with Crippen LogP contribution in [0.25, 0.3) is 0 Å². The minimum absolute atomic E-state index is 0.0813. The first-order valence-corrected chi connectivity index (χ1v) is 6.99. The summed E-state index contributed by atoms with van der Waals surface area (Å²) in [6, 6.07) is 5.98. The van der Waals surface area contributed by atoms with Crippen molar-refractivity contribution in [2.45, 2.75) is 19.9 Å². The second-order valence-corrected chi connectivity index (χ2v) is 5.71. The summed E-state index contributed by atoms with van der Waals surface area (Å²) in [5.41, 5.74) is 1.10. The van der Waals surface area contributed by atoms with Gasteiger partial charge in [0.05, 0.1) is 6.54 Å². The van der Waals surface area contributed by atoms with Crippen LogP contribution >= 0.6 is 31.9 Å². The van der Waals surface area contributed by atoms with Crippen molar-refractivity contribution in [1.29, 1.82) is 0 Å². The molecule has 0 radical (unpaired) electrons. The largest absolute Gasteiger partial charge is 0.480 e. The van der Waals surface area contributed by atoms with Gasteiger partial charge in [0.1, 0.15) is 0 Å². The van der Waals surface area contributed by atoms with Gasteiger partial charge in [-0.3, -0.25) is 9.69 Å². The third kappa shape index (κ3) is 5.66. The van der Waals surface area contributed by atoms with E-state index in [0.717, 1.165) is 27.5 Å². The van der Waals surface area contributed by atoms with Crippen molar-refractivity contribution in [3.63, 3.8) is 0 Å². The predicted molar refractivity (Wildman–Crippen MR) is 75.0 cm³/mol. The van der Waals surface area contributed by atoms with Gasteiger partial charge in [0, 0.05) is 15.5 Å². The maximum atomic E-state index is 10.7. The van der Waals surface area contributed by atoms with Gasteiger partial charge in [0.2, 0.25) is 0 Å². The van der Waals surface area contributed by atoms with E-state index in [1.54, 1.807) is 0 Å². The summed E-state index contributed by atoms with van der Waals surface area (Å²) in [5, 5.41) is 8.84. The molecule has 0 amide bonds. The number of halogens is 2. The SMILES string of the molecule is CCCN(CC(=O)O)Cc1cc(Br)cc(Br)c1. The van der Waals surface area contributed by atoms with Crippen LogP contribution in [0.5, 0.6) is 0 Å². The highest BCUT2D eigenvalue weighted by Gasteiger charge is 2.10. The van der Waals surface area contributed by atoms with Crippen LogP contribution in [0.4, 0.5) is 0 Å². The summed E-state index contributed by atoms with van der Waals surface area (Å²) in [5.74, 6) is -0.785. The molecule has 0 aromatic heterocycles. The Morgan fingerprint density at radius 2 is 1.88 bits per heavy atom. The molecule has 0 aliphatic rings. The molecule has 5 heteroatoms. The minimum atomic E-state index is -0.785. The molecule has 1 aromatic rings. The molecule has 1 rings (SSSR count). The lowest BCUT2D eigenvalue weighted by Gasteiger charge is -2.19. The summed E-state index contributed by atoms with van der Waals surface area (Å²) >= 11 is 6.86. The van der Waals surface area contributed by atoms with Gasteiger partial charge in [-0.25, -0.2) is 0 Å². The van der Waals surface area contributed by atoms with Crippen molar-refractivity contribution in [2.75, 3.05) is 13.1 Å². The van der Waals surface area contributed by atoms with Crippen molar-refractivity contribution in [2.24, 2.45) is 0 Å². The van der Waals surface area contributed by atoms with Gasteiger partial charge >= 0.3 is 5.97 Å². The second kappa shape index (κ2) is 7.13. The Morgan fingerprint density at radius 1 is 1.29 bits per heavy atom. The lowest BCUT2D eigenvalue weighted by Crippen LogP contribution is -2.30. The quantitative estimate of drug-likeness (QED) is 0.839. The van der Waals surface area contributed by atoms with E-state index in [-0.39, 0.29) is 6.54 Å². The van der Waals surface area contributed by atoms with Crippen LogP contribution in [0, 0.1) is 0 Å². The molecule has 0 atom stereocenters. The normalized spacial score (nSPS) is 10.8. The molecule has 0 spiro atoms. The van der Waals surface area contributed by atoms with E-state index in [2.05, 4.69) is 31.9 Å². The van der Waals surface area contributed by atoms with E-state index in [1.807, 2.05) is 30.0 Å². The Kier molecular flexibility index (Phi) is 6.16. The van der Waals surface area contributed by atoms with Crippen LogP contribution in [0.3, 0.4) is 0 Å². The summed E-state index contributed by atoms with van der Waals surface area (Å²) < 4.78 is 1.99. The highest BCUT2D eigenvalue weighted by molar-refractivity contribution is 9.11. The summed E-state index contributed by atoms with van der Waals surface area (Å²) in [4.78, 5) is 12.7. The highest BCUT2D eigenvalue weighted by Crippen LogP contribution is 2.21. The zero-order valence-corrected chi connectivity index (χ0v) is 12.8. The van der Waals surface area contributed by atoms with Gasteiger partial charge < -0.3 is 5.11 Å². The number of rotatable bonds is 6. The molecule has 0 aliphatic carbocycles. The van der Waals surface area contributed by atoms with Crippen molar-refractivity contribution in [3.05, 3.63) is 32.7 Å². The molecule has 0 saturated heterocycles. The van der Waals surface area contributed by atoms with E-state index < -0.39 is 5.97 Å². The van der Waals surface area contributed by atoms with Gasteiger partial charge in [-0.1, -0.05) is 38.8 Å². The molecule has 0 unspecified atom stereocenters. The van der Waals surface area contributed by atoms with Gasteiger partial charge in [-0.15, -0.1) is 0 Å². The van der Waals surface area contributed by atoms with E-state index in [9.17, 15) is 4.79 Å². The maximum Gasteiger partial charge on any atom is 0.317 e. The molecule has 0 fully saturated rings. The molecule has 3 nitrogen and oxygen atoms in total. The fourth-order valence-electron chi connectivity index (χ4n) is 1.68. The predicted octanol–water partition coefficient (Wildman–Crippen LogP) is 3.51. The molecule has 94 valence electrons. The lowest BCUT2D eigenvalue weighted by atomic mass is 10.2. The van der Waals surface area contributed by atoms with Crippen LogP contribution in [-0.4, -0.2) is 29.1 Å². The molecule has 1 aromatic carbocycles. The number of aliphatic carboxylic acids is 1. The first kappa shape index (κ1) is 14.7. The van der Waals surface area contributed by atoms with Gasteiger partial charge in [0.25, 0.3) is 0 Å². The zero-order valence-electron chi connectivity index (χ0n) is 9.62. The number of carboxylic acid groups (broad SMARTS) is 1. The van der Waals surface area contributed by atoms with Gasteiger partial charge in [-0.05, 0) is 36.7 Å². The number of nitrogens with zero attached hydrogens (tertiary/aromatic N) is 1. The topological polar surface area (TPSA) is 40.5 Å². The Hall–Kier alpha value is -0.390. The standard InChI is InChI=1S/C12H15Br2NO2/c1-2-3-15(8-12(16)17)7-9-4-10(13)6-11(14)5-9/h4-6H,2-3,7-8H2,1H3,(H,16,17). The molecular formula is C12H15Br2NO2. The van der Waals surface area contributed by atoms with Crippen LogP contribution in [-0.2, 0) is 11.3 Å². The number of benzene rings is 1. The highest BCUT2D eigenvalue weighted by atomic mass is 79.9. The molecule has 0 saturated carbocycles. The third-order valence-corrected chi connectivity index (χ3v) is 3.14. The Balaban J connectivity index is 2.74. The fourth-order valence-corrected chi connectivity index (χ4v) is 3.07. The lowest BCUT2D eigenvalue weighted by molar-refractivity contribution is -0.138. The van der Waals surface area contributed by atoms with Gasteiger partial charge in [0.15, 0.2) is 0 Å². The van der Waals surface area contributed by atoms with E-state index in [4.69, 9.17) is 5.11 Å². The minimum Gasteiger partial charge on any atom is -0.480 e. The average Bonchev–Trinajstić information content (AvgIpc) is 2.14. The van der Waals surface area contributed by atoms with E-state index >= 15 is 0 Å². The fraction of sp³-hybridized carbons (Fsp3) is 0.417. The third-order valence-electron chi connectivity index (χ3n) is 2.23. The Labute approximate surface area is 118 Å². The Bertz CT molecular complexity index is 376. The molecule has 0 aliphatic heterocycles. The van der Waals surface area contributed by atoms with Crippen molar-refractivity contribution in [3.8, 4) is 0 Å². The van der Waals surface area contributed by atoms with Crippen molar-refractivity contribution in [1.82, 2.24) is 4.90 Å². The van der Waals surface area contributed by atoms with Crippen LogP contribution in [0.1, 0.15) is 18.9 Å². The number of hydrogen-bond acceptors (Lipinski definition) is 2. The molecular weight excluding hydrogens is 350 g/mol. The van der Waals surface area contributed by atoms with Crippen LogP contribution < -0.4 is 0 Å². The number of carboxylic acids is 1. The summed E-state index contributed by atoms with van der Waals surface area (Å²) in [7, 11) is 0. The zero-order chi connectivity index (χ0) is 12.8. The first-order chi connectivity index (χ1) is 8.01. The average molecular weight is 365 g/mol. The van der Waals surface area contributed by atoms with Gasteiger partial charge in [-0.2, -0.15) is 0 Å². The van der Waals surface area contributed by atoms with E-state index in [0.29, 0.717) is 6.54 Å². The molecule has 17 heavy (non-hydrogen) atoms. The molecule has 0 heterocycles. The van der Waals surface area contributed by atoms with Crippen molar-refractivity contribution >= 4 is 37.8 Å². The Morgan fingerprint density at radius 3 is 2.35 bits per heavy atom. The summed E-state index contributed by atoms with van der Waals surface area (Å²) in [6.07, 6.45) is 0.947. The van der Waals surface area contributed by atoms with Crippen molar-refractivity contribution < 1.29 is 9.90 Å².